The van der Waals surface area contributed by atoms with Gasteiger partial charge in [-0.15, -0.1) is 0 Å². The largest absolute Gasteiger partial charge is 0.495 e. The minimum atomic E-state index is 0.459. The number of fused-ring (bicyclic) bond motifs is 1. The van der Waals surface area contributed by atoms with Gasteiger partial charge in [0.2, 0.25) is 0 Å². The lowest BCUT2D eigenvalue weighted by molar-refractivity contribution is 0.412. The summed E-state index contributed by atoms with van der Waals surface area (Å²) in [5.41, 5.74) is 6.47. The monoisotopic (exact) mass is 416 g/mol. The highest BCUT2D eigenvalue weighted by molar-refractivity contribution is 6.30. The number of aryl methyl sites for hydroxylation is 1. The van der Waals surface area contributed by atoms with Gasteiger partial charge in [-0.1, -0.05) is 23.7 Å². The maximum atomic E-state index is 9.76. The van der Waals surface area contributed by atoms with Crippen molar-refractivity contribution in [2.45, 2.75) is 20.4 Å². The van der Waals surface area contributed by atoms with Crippen molar-refractivity contribution in [1.29, 1.82) is 5.26 Å². The third-order valence-corrected chi connectivity index (χ3v) is 5.43. The molecule has 0 saturated heterocycles. The van der Waals surface area contributed by atoms with Gasteiger partial charge >= 0.3 is 0 Å². The fraction of sp³-hybridized carbons (Fsp3) is 0.167. The quantitative estimate of drug-likeness (QED) is 0.391. The number of aromatic nitrogens is 3. The van der Waals surface area contributed by atoms with Crippen LogP contribution in [0.2, 0.25) is 5.02 Å². The number of nitrogens with zero attached hydrogens (tertiary/aromatic N) is 4. The third-order valence-electron chi connectivity index (χ3n) is 5.19. The minimum absolute atomic E-state index is 0.459. The molecule has 0 fully saturated rings. The number of benzene rings is 2. The molecule has 0 amide bonds. The van der Waals surface area contributed by atoms with Crippen LogP contribution in [-0.4, -0.2) is 21.2 Å². The summed E-state index contributed by atoms with van der Waals surface area (Å²) in [5, 5.41) is 10.4. The van der Waals surface area contributed by atoms with Gasteiger partial charge in [0, 0.05) is 22.0 Å². The molecule has 4 rings (SSSR count). The molecule has 30 heavy (non-hydrogen) atoms. The molecule has 0 atom stereocenters. The van der Waals surface area contributed by atoms with Crippen molar-refractivity contribution in [3.8, 4) is 17.5 Å². The van der Waals surface area contributed by atoms with E-state index in [2.05, 4.69) is 21.7 Å². The van der Waals surface area contributed by atoms with E-state index >= 15 is 0 Å². The van der Waals surface area contributed by atoms with E-state index in [1.165, 1.54) is 0 Å². The van der Waals surface area contributed by atoms with Gasteiger partial charge < -0.3 is 13.9 Å². The molecule has 150 valence electrons. The van der Waals surface area contributed by atoms with Crippen molar-refractivity contribution in [2.24, 2.45) is 0 Å². The van der Waals surface area contributed by atoms with E-state index in [1.54, 1.807) is 13.4 Å². The van der Waals surface area contributed by atoms with Crippen LogP contribution in [0.4, 0.5) is 0 Å². The average molecular weight is 417 g/mol. The zero-order chi connectivity index (χ0) is 21.3. The van der Waals surface area contributed by atoms with Crippen LogP contribution < -0.4 is 4.74 Å². The van der Waals surface area contributed by atoms with E-state index in [1.807, 2.05) is 67.0 Å². The Hall–Kier alpha value is -3.49. The van der Waals surface area contributed by atoms with Crippen LogP contribution in [0, 0.1) is 25.2 Å². The minimum Gasteiger partial charge on any atom is -0.495 e. The normalized spacial score (nSPS) is 11.6. The number of rotatable bonds is 5. The van der Waals surface area contributed by atoms with Crippen molar-refractivity contribution in [3.63, 3.8) is 0 Å². The molecule has 0 aliphatic heterocycles. The number of imidazole rings is 1. The second-order valence-corrected chi connectivity index (χ2v) is 7.56. The van der Waals surface area contributed by atoms with E-state index in [-0.39, 0.29) is 0 Å². The van der Waals surface area contributed by atoms with E-state index in [4.69, 9.17) is 16.3 Å². The van der Waals surface area contributed by atoms with Crippen LogP contribution in [0.1, 0.15) is 17.0 Å². The van der Waals surface area contributed by atoms with E-state index < -0.39 is 0 Å². The van der Waals surface area contributed by atoms with Gasteiger partial charge in [0.1, 0.15) is 5.75 Å². The van der Waals surface area contributed by atoms with Crippen molar-refractivity contribution in [3.05, 3.63) is 82.4 Å². The first-order valence-corrected chi connectivity index (χ1v) is 9.93. The van der Waals surface area contributed by atoms with Crippen LogP contribution >= 0.6 is 11.6 Å². The highest BCUT2D eigenvalue weighted by Gasteiger charge is 2.15. The molecule has 0 spiro atoms. The van der Waals surface area contributed by atoms with Crippen LogP contribution in [0.5, 0.6) is 5.75 Å². The third kappa shape index (κ3) is 3.58. The van der Waals surface area contributed by atoms with Crippen LogP contribution in [-0.2, 0) is 6.54 Å². The summed E-state index contributed by atoms with van der Waals surface area (Å²) >= 11 is 6.24. The number of hydrogen-bond donors (Lipinski definition) is 0. The molecule has 0 N–H and O–H groups in total. The molecule has 5 nitrogen and oxygen atoms in total. The lowest BCUT2D eigenvalue weighted by Crippen LogP contribution is -2.02. The topological polar surface area (TPSA) is 55.8 Å². The lowest BCUT2D eigenvalue weighted by Gasteiger charge is -2.14. The van der Waals surface area contributed by atoms with Crippen molar-refractivity contribution in [1.82, 2.24) is 14.1 Å². The van der Waals surface area contributed by atoms with Crippen molar-refractivity contribution >= 4 is 28.7 Å². The number of allylic oxidation sites excluding steroid dienone is 1. The first-order chi connectivity index (χ1) is 14.5. The summed E-state index contributed by atoms with van der Waals surface area (Å²) in [6, 6.07) is 17.9. The van der Waals surface area contributed by atoms with Crippen molar-refractivity contribution < 1.29 is 4.74 Å². The van der Waals surface area contributed by atoms with Gasteiger partial charge in [-0.25, -0.2) is 4.98 Å². The number of ether oxygens (including phenoxy) is 1. The number of nitriles is 1. The Morgan fingerprint density at radius 2 is 2.00 bits per heavy atom. The number of halogens is 1. The lowest BCUT2D eigenvalue weighted by atomic mass is 10.1. The molecule has 0 unspecified atom stereocenters. The summed E-state index contributed by atoms with van der Waals surface area (Å²) in [6.45, 7) is 4.52. The summed E-state index contributed by atoms with van der Waals surface area (Å²) in [4.78, 5) is 4.41. The molecule has 2 heterocycles. The Labute approximate surface area is 180 Å². The molecule has 0 aliphatic rings. The van der Waals surface area contributed by atoms with Crippen LogP contribution in [0.3, 0.4) is 0 Å². The van der Waals surface area contributed by atoms with Gasteiger partial charge in [-0.3, -0.25) is 0 Å². The van der Waals surface area contributed by atoms with E-state index in [0.29, 0.717) is 17.1 Å². The molecule has 6 heteroatoms. The fourth-order valence-corrected chi connectivity index (χ4v) is 3.93. The predicted molar refractivity (Wildman–Crippen MR) is 120 cm³/mol. The van der Waals surface area contributed by atoms with E-state index in [0.717, 1.165) is 39.4 Å². The van der Waals surface area contributed by atoms with E-state index in [9.17, 15) is 5.26 Å². The Kier molecular flexibility index (Phi) is 5.35. The van der Waals surface area contributed by atoms with Crippen LogP contribution in [0.15, 0.2) is 60.4 Å². The molecule has 0 radical (unpaired) electrons. The van der Waals surface area contributed by atoms with Gasteiger partial charge in [-0.2, -0.15) is 5.26 Å². The first-order valence-electron chi connectivity index (χ1n) is 9.55. The van der Waals surface area contributed by atoms with Gasteiger partial charge in [-0.05, 0) is 61.9 Å². The Morgan fingerprint density at radius 3 is 2.77 bits per heavy atom. The Balaban J connectivity index is 1.74. The number of methoxy groups -OCH3 is 1. The standard InChI is InChI=1S/C24H21ClN4O/c1-16-10-19(17(2)29(16)23-12-20(25)8-9-24(23)30-3)11-18(13-26)14-28-15-27-21-6-4-5-7-22(21)28/h4-12,15H,14H2,1-3H3/b18-11-. The highest BCUT2D eigenvalue weighted by atomic mass is 35.5. The SMILES string of the molecule is COc1ccc(Cl)cc1-n1c(C)cc(/C=C(/C#N)Cn2cnc3ccccc32)c1C. The number of para-hydroxylation sites is 2. The smallest absolute Gasteiger partial charge is 0.142 e. The molecule has 0 bridgehead atoms. The zero-order valence-electron chi connectivity index (χ0n) is 17.1. The predicted octanol–water partition coefficient (Wildman–Crippen LogP) is 5.71. The zero-order valence-corrected chi connectivity index (χ0v) is 17.8. The van der Waals surface area contributed by atoms with Gasteiger partial charge in [0.25, 0.3) is 0 Å². The Morgan fingerprint density at radius 1 is 1.20 bits per heavy atom. The summed E-state index contributed by atoms with van der Waals surface area (Å²) in [5.74, 6) is 0.738. The molecule has 0 saturated carbocycles. The first kappa shape index (κ1) is 19.8. The fourth-order valence-electron chi connectivity index (χ4n) is 3.76. The highest BCUT2D eigenvalue weighted by Crippen LogP contribution is 2.31. The Bertz CT molecular complexity index is 1310. The second-order valence-electron chi connectivity index (χ2n) is 7.12. The maximum absolute atomic E-state index is 9.76. The van der Waals surface area contributed by atoms with Gasteiger partial charge in [0.15, 0.2) is 0 Å². The average Bonchev–Trinajstić information content (AvgIpc) is 3.27. The second kappa shape index (κ2) is 8.10. The summed E-state index contributed by atoms with van der Waals surface area (Å²) < 4.78 is 9.61. The maximum Gasteiger partial charge on any atom is 0.142 e. The molecule has 0 aliphatic carbocycles. The molecular weight excluding hydrogens is 396 g/mol. The molecular formula is C24H21ClN4O. The number of hydrogen-bond acceptors (Lipinski definition) is 3. The summed E-state index contributed by atoms with van der Waals surface area (Å²) in [7, 11) is 1.64. The van der Waals surface area contributed by atoms with Crippen molar-refractivity contribution in [2.75, 3.05) is 7.11 Å². The van der Waals surface area contributed by atoms with Crippen LogP contribution in [0.25, 0.3) is 22.8 Å². The molecule has 2 aromatic heterocycles. The van der Waals surface area contributed by atoms with Gasteiger partial charge in [0.05, 0.1) is 42.8 Å². The molecule has 2 aromatic carbocycles. The summed E-state index contributed by atoms with van der Waals surface area (Å²) in [6.07, 6.45) is 3.71. The molecule has 4 aromatic rings.